The van der Waals surface area contributed by atoms with Crippen LogP contribution in [0.25, 0.3) is 99.8 Å². The van der Waals surface area contributed by atoms with Crippen LogP contribution in [0.2, 0.25) is 0 Å². The first-order valence-corrected chi connectivity index (χ1v) is 19.1. The van der Waals surface area contributed by atoms with Gasteiger partial charge < -0.3 is 9.13 Å². The molecule has 0 aliphatic rings. The van der Waals surface area contributed by atoms with Gasteiger partial charge in [0.1, 0.15) is 0 Å². The topological polar surface area (TPSA) is 22.8 Å². The van der Waals surface area contributed by atoms with E-state index in [0.29, 0.717) is 0 Å². The van der Waals surface area contributed by atoms with Crippen LogP contribution in [0.4, 0.5) is 0 Å². The van der Waals surface area contributed by atoms with E-state index in [4.69, 9.17) is 4.98 Å². The molecule has 0 bridgehead atoms. The van der Waals surface area contributed by atoms with Gasteiger partial charge in [-0.25, -0.2) is 4.98 Å². The molecule has 0 saturated carbocycles. The highest BCUT2D eigenvalue weighted by Crippen LogP contribution is 2.42. The SMILES string of the molecule is c1ccc(-c2cc(-c3ccccc3)nc(-c3ccccc3-c3ccc(-n4c5ccccc5c5ccc6c7ccccc7n(-c7ccccc7)c6c54)cc3)c2)cc1. The minimum Gasteiger partial charge on any atom is -0.307 e. The molecule has 262 valence electrons. The first-order valence-electron chi connectivity index (χ1n) is 19.1. The second-order valence-electron chi connectivity index (χ2n) is 14.3. The fourth-order valence-electron chi connectivity index (χ4n) is 8.59. The Morgan fingerprint density at radius 3 is 1.36 bits per heavy atom. The van der Waals surface area contributed by atoms with Crippen molar-refractivity contribution in [1.82, 2.24) is 14.1 Å². The maximum Gasteiger partial charge on any atom is 0.0788 e. The summed E-state index contributed by atoms with van der Waals surface area (Å²) in [5.74, 6) is 0. The number of hydrogen-bond acceptors (Lipinski definition) is 1. The van der Waals surface area contributed by atoms with Crippen LogP contribution in [0.15, 0.2) is 212 Å². The van der Waals surface area contributed by atoms with Crippen LogP contribution in [-0.4, -0.2) is 14.1 Å². The third kappa shape index (κ3) is 5.17. The molecule has 3 heterocycles. The lowest BCUT2D eigenvalue weighted by atomic mass is 9.94. The van der Waals surface area contributed by atoms with Gasteiger partial charge >= 0.3 is 0 Å². The predicted molar refractivity (Wildman–Crippen MR) is 235 cm³/mol. The third-order valence-corrected chi connectivity index (χ3v) is 11.1. The number of para-hydroxylation sites is 3. The molecule has 56 heavy (non-hydrogen) atoms. The molecule has 0 fully saturated rings. The molecule has 8 aromatic carbocycles. The molecule has 3 aromatic heterocycles. The maximum absolute atomic E-state index is 5.29. The lowest BCUT2D eigenvalue weighted by Gasteiger charge is -2.15. The van der Waals surface area contributed by atoms with Crippen LogP contribution >= 0.6 is 0 Å². The second kappa shape index (κ2) is 13.1. The Hall–Kier alpha value is -7.49. The summed E-state index contributed by atoms with van der Waals surface area (Å²) in [7, 11) is 0. The predicted octanol–water partition coefficient (Wildman–Crippen LogP) is 13.9. The molecule has 11 rings (SSSR count). The first kappa shape index (κ1) is 32.0. The van der Waals surface area contributed by atoms with Crippen molar-refractivity contribution in [2.24, 2.45) is 0 Å². The van der Waals surface area contributed by atoms with Gasteiger partial charge in [0.25, 0.3) is 0 Å². The Kier molecular flexibility index (Phi) is 7.49. The van der Waals surface area contributed by atoms with Crippen LogP contribution < -0.4 is 0 Å². The number of nitrogens with zero attached hydrogens (tertiary/aromatic N) is 3. The molecule has 0 spiro atoms. The number of rotatable bonds is 6. The fourth-order valence-corrected chi connectivity index (χ4v) is 8.59. The van der Waals surface area contributed by atoms with Gasteiger partial charge in [-0.2, -0.15) is 0 Å². The zero-order valence-electron chi connectivity index (χ0n) is 30.5. The molecule has 0 amide bonds. The zero-order chi connectivity index (χ0) is 37.0. The number of aromatic nitrogens is 3. The van der Waals surface area contributed by atoms with E-state index in [-0.39, 0.29) is 0 Å². The van der Waals surface area contributed by atoms with Gasteiger partial charge in [0, 0.05) is 44.0 Å². The fraction of sp³-hybridized carbons (Fsp3) is 0. The molecular formula is C53H35N3. The number of hydrogen-bond donors (Lipinski definition) is 0. The van der Waals surface area contributed by atoms with Crippen molar-refractivity contribution < 1.29 is 0 Å². The van der Waals surface area contributed by atoms with Gasteiger partial charge in [0.15, 0.2) is 0 Å². The van der Waals surface area contributed by atoms with Gasteiger partial charge in [0.05, 0.1) is 33.5 Å². The molecule has 0 N–H and O–H groups in total. The summed E-state index contributed by atoms with van der Waals surface area (Å²) in [5.41, 5.74) is 15.8. The summed E-state index contributed by atoms with van der Waals surface area (Å²) < 4.78 is 4.89. The normalized spacial score (nSPS) is 11.6. The highest BCUT2D eigenvalue weighted by atomic mass is 15.0. The minimum atomic E-state index is 0.948. The monoisotopic (exact) mass is 713 g/mol. The van der Waals surface area contributed by atoms with E-state index in [2.05, 4.69) is 221 Å². The first-order chi connectivity index (χ1) is 27.8. The molecule has 0 saturated heterocycles. The van der Waals surface area contributed by atoms with E-state index in [1.165, 1.54) is 49.2 Å². The summed E-state index contributed by atoms with van der Waals surface area (Å²) in [6.45, 7) is 0. The molecule has 0 aliphatic carbocycles. The van der Waals surface area contributed by atoms with Crippen LogP contribution in [-0.2, 0) is 0 Å². The van der Waals surface area contributed by atoms with Crippen molar-refractivity contribution in [3.8, 4) is 56.1 Å². The van der Waals surface area contributed by atoms with Gasteiger partial charge in [-0.1, -0.05) is 164 Å². The largest absolute Gasteiger partial charge is 0.307 e. The molecule has 0 atom stereocenters. The molecular weight excluding hydrogens is 679 g/mol. The van der Waals surface area contributed by atoms with E-state index in [1.54, 1.807) is 0 Å². The van der Waals surface area contributed by atoms with E-state index < -0.39 is 0 Å². The summed E-state index contributed by atoms with van der Waals surface area (Å²) in [6.07, 6.45) is 0. The molecule has 0 radical (unpaired) electrons. The smallest absolute Gasteiger partial charge is 0.0788 e. The van der Waals surface area contributed by atoms with Gasteiger partial charge in [0.2, 0.25) is 0 Å². The van der Waals surface area contributed by atoms with Crippen LogP contribution in [0.3, 0.4) is 0 Å². The minimum absolute atomic E-state index is 0.948. The second-order valence-corrected chi connectivity index (χ2v) is 14.3. The van der Waals surface area contributed by atoms with Crippen molar-refractivity contribution in [2.75, 3.05) is 0 Å². The number of pyridine rings is 1. The summed E-state index contributed by atoms with van der Waals surface area (Å²) in [5, 5.41) is 4.97. The van der Waals surface area contributed by atoms with Crippen LogP contribution in [0, 0.1) is 0 Å². The molecule has 3 heteroatoms. The van der Waals surface area contributed by atoms with Gasteiger partial charge in [-0.05, 0) is 70.8 Å². The van der Waals surface area contributed by atoms with Gasteiger partial charge in [-0.3, -0.25) is 0 Å². The highest BCUT2D eigenvalue weighted by molar-refractivity contribution is 6.23. The van der Waals surface area contributed by atoms with Gasteiger partial charge in [-0.15, -0.1) is 0 Å². The molecule has 11 aromatic rings. The zero-order valence-corrected chi connectivity index (χ0v) is 30.5. The molecule has 3 nitrogen and oxygen atoms in total. The van der Waals surface area contributed by atoms with Crippen LogP contribution in [0.1, 0.15) is 0 Å². The van der Waals surface area contributed by atoms with Crippen molar-refractivity contribution in [1.29, 1.82) is 0 Å². The van der Waals surface area contributed by atoms with E-state index in [0.717, 1.165) is 50.6 Å². The highest BCUT2D eigenvalue weighted by Gasteiger charge is 2.21. The quantitative estimate of drug-likeness (QED) is 0.168. The average Bonchev–Trinajstić information content (AvgIpc) is 3.80. The number of fused-ring (bicyclic) bond motifs is 7. The van der Waals surface area contributed by atoms with Crippen molar-refractivity contribution in [3.05, 3.63) is 212 Å². The summed E-state index contributed by atoms with van der Waals surface area (Å²) in [4.78, 5) is 5.29. The lowest BCUT2D eigenvalue weighted by Crippen LogP contribution is -1.98. The summed E-state index contributed by atoms with van der Waals surface area (Å²) in [6, 6.07) is 76.1. The summed E-state index contributed by atoms with van der Waals surface area (Å²) >= 11 is 0. The third-order valence-electron chi connectivity index (χ3n) is 11.1. The Labute approximate surface area is 325 Å². The molecule has 0 unspecified atom stereocenters. The Morgan fingerprint density at radius 2 is 0.750 bits per heavy atom. The van der Waals surface area contributed by atoms with E-state index in [1.807, 2.05) is 0 Å². The number of benzene rings is 8. The molecule has 0 aliphatic heterocycles. The Balaban J connectivity index is 1.10. The maximum atomic E-state index is 5.29. The van der Waals surface area contributed by atoms with Crippen molar-refractivity contribution in [2.45, 2.75) is 0 Å². The standard InChI is InChI=1S/C53H35N3/c1-4-16-36(17-5-1)39-34-48(38-18-6-2-7-19-38)54-49(35-39)43-23-11-10-22-42(43)37-28-30-41(31-29-37)56-51-27-15-13-25-45(51)47-33-32-46-44-24-12-14-26-50(44)55(52(46)53(47)56)40-20-8-3-9-21-40/h1-35H. The van der Waals surface area contributed by atoms with E-state index in [9.17, 15) is 0 Å². The van der Waals surface area contributed by atoms with Crippen molar-refractivity contribution >= 4 is 43.6 Å². The van der Waals surface area contributed by atoms with Crippen molar-refractivity contribution in [3.63, 3.8) is 0 Å². The van der Waals surface area contributed by atoms with E-state index >= 15 is 0 Å². The Morgan fingerprint density at radius 1 is 0.286 bits per heavy atom. The Bertz CT molecular complexity index is 3150. The average molecular weight is 714 g/mol. The lowest BCUT2D eigenvalue weighted by molar-refractivity contribution is 1.15. The van der Waals surface area contributed by atoms with Crippen LogP contribution in [0.5, 0.6) is 0 Å².